The van der Waals surface area contributed by atoms with Gasteiger partial charge in [0.15, 0.2) is 0 Å². The van der Waals surface area contributed by atoms with Gasteiger partial charge >= 0.3 is 7.54 Å². The van der Waals surface area contributed by atoms with E-state index in [1.807, 2.05) is 23.6 Å². The van der Waals surface area contributed by atoms with Crippen molar-refractivity contribution >= 4 is 29.3 Å². The van der Waals surface area contributed by atoms with Crippen LogP contribution in [0.3, 0.4) is 0 Å². The maximum Gasteiger partial charge on any atom is 0.762 e. The first kappa shape index (κ1) is 16.9. The molecule has 5 nitrogen and oxygen atoms in total. The standard InChI is InChI=1S/C10H12BrN3O2.BF3/c1-10(15-2,16-3)7-4-5-14-8(11)6-12-9(14)13-7;2-1(3)4/h4-6H,1-3H3;. The van der Waals surface area contributed by atoms with Crippen LogP contribution < -0.4 is 0 Å². The zero-order valence-corrected chi connectivity index (χ0v) is 12.6. The summed E-state index contributed by atoms with van der Waals surface area (Å²) >= 11 is 3.37. The first-order chi connectivity index (χ1) is 9.34. The zero-order valence-electron chi connectivity index (χ0n) is 11.0. The van der Waals surface area contributed by atoms with Crippen LogP contribution in [0, 0.1) is 0 Å². The molecule has 0 saturated carbocycles. The molecule has 2 rings (SSSR count). The summed E-state index contributed by atoms with van der Waals surface area (Å²) in [6.07, 6.45) is 3.56. The van der Waals surface area contributed by atoms with E-state index in [2.05, 4.69) is 25.9 Å². The van der Waals surface area contributed by atoms with E-state index in [9.17, 15) is 12.9 Å². The van der Waals surface area contributed by atoms with Crippen LogP contribution in [0.15, 0.2) is 23.1 Å². The molecule has 0 aliphatic carbocycles. The van der Waals surface area contributed by atoms with Gasteiger partial charge in [-0.05, 0) is 28.9 Å². The predicted molar refractivity (Wildman–Crippen MR) is 71.1 cm³/mol. The number of halogens is 4. The third kappa shape index (κ3) is 3.93. The highest BCUT2D eigenvalue weighted by molar-refractivity contribution is 9.10. The molecule has 0 aliphatic rings. The number of imidazole rings is 1. The van der Waals surface area contributed by atoms with Crippen molar-refractivity contribution in [1.82, 2.24) is 14.4 Å². The molecule has 0 spiro atoms. The lowest BCUT2D eigenvalue weighted by molar-refractivity contribution is -0.204. The summed E-state index contributed by atoms with van der Waals surface area (Å²) in [4.78, 5) is 8.54. The molecule has 0 radical (unpaired) electrons. The smallest absolute Gasteiger partial charge is 0.348 e. The largest absolute Gasteiger partial charge is 0.762 e. The fraction of sp³-hybridized carbons (Fsp3) is 0.400. The van der Waals surface area contributed by atoms with Crippen LogP contribution in [0.25, 0.3) is 5.78 Å². The molecule has 2 aromatic rings. The van der Waals surface area contributed by atoms with Crippen LogP contribution in [0.2, 0.25) is 0 Å². The molecule has 10 heteroatoms. The lowest BCUT2D eigenvalue weighted by atomic mass is 10.2. The number of fused-ring (bicyclic) bond motifs is 1. The molecule has 0 N–H and O–H groups in total. The van der Waals surface area contributed by atoms with Crippen molar-refractivity contribution in [3.8, 4) is 0 Å². The number of aromatic nitrogens is 3. The van der Waals surface area contributed by atoms with E-state index in [-0.39, 0.29) is 0 Å². The number of hydrogen-bond donors (Lipinski definition) is 0. The van der Waals surface area contributed by atoms with E-state index < -0.39 is 13.3 Å². The van der Waals surface area contributed by atoms with Gasteiger partial charge in [-0.1, -0.05) is 0 Å². The van der Waals surface area contributed by atoms with Gasteiger partial charge in [-0.25, -0.2) is 9.97 Å². The minimum absolute atomic E-state index is 0.602. The lowest BCUT2D eigenvalue weighted by Gasteiger charge is -2.25. The quantitative estimate of drug-likeness (QED) is 0.629. The number of nitrogens with zero attached hydrogens (tertiary/aromatic N) is 3. The van der Waals surface area contributed by atoms with Crippen LogP contribution in [-0.4, -0.2) is 36.1 Å². The molecule has 0 aromatic carbocycles. The van der Waals surface area contributed by atoms with Crippen LogP contribution in [0.4, 0.5) is 12.9 Å². The van der Waals surface area contributed by atoms with E-state index in [0.717, 1.165) is 4.60 Å². The van der Waals surface area contributed by atoms with E-state index in [1.165, 1.54) is 0 Å². The molecule has 0 fully saturated rings. The van der Waals surface area contributed by atoms with Gasteiger partial charge in [0.1, 0.15) is 10.3 Å². The Labute approximate surface area is 122 Å². The summed E-state index contributed by atoms with van der Waals surface area (Å²) < 4.78 is 42.3. The van der Waals surface area contributed by atoms with Crippen molar-refractivity contribution < 1.29 is 22.4 Å². The summed E-state index contributed by atoms with van der Waals surface area (Å²) in [7, 11) is -0.506. The van der Waals surface area contributed by atoms with Gasteiger partial charge in [0.2, 0.25) is 11.6 Å². The van der Waals surface area contributed by atoms with Gasteiger partial charge in [0, 0.05) is 20.4 Å². The first-order valence-electron chi connectivity index (χ1n) is 5.36. The van der Waals surface area contributed by atoms with E-state index in [1.54, 1.807) is 20.4 Å². The van der Waals surface area contributed by atoms with Crippen molar-refractivity contribution in [1.29, 1.82) is 0 Å². The molecule has 0 amide bonds. The van der Waals surface area contributed by atoms with E-state index >= 15 is 0 Å². The Kier molecular flexibility index (Phi) is 5.96. The second-order valence-corrected chi connectivity index (χ2v) is 4.48. The Bertz CT molecular complexity index is 563. The average molecular weight is 354 g/mol. The average Bonchev–Trinajstić information content (AvgIpc) is 2.78. The number of hydrogen-bond acceptors (Lipinski definition) is 4. The first-order valence-corrected chi connectivity index (χ1v) is 6.16. The third-order valence-electron chi connectivity index (χ3n) is 2.58. The van der Waals surface area contributed by atoms with Gasteiger partial charge in [-0.2, -0.15) is 0 Å². The van der Waals surface area contributed by atoms with Gasteiger partial charge in [0.25, 0.3) is 0 Å². The lowest BCUT2D eigenvalue weighted by Crippen LogP contribution is -2.28. The molecule has 0 atom stereocenters. The number of ether oxygens (including phenoxy) is 2. The predicted octanol–water partition coefficient (Wildman–Crippen LogP) is 2.84. The van der Waals surface area contributed by atoms with Crippen LogP contribution in [0.5, 0.6) is 0 Å². The van der Waals surface area contributed by atoms with Gasteiger partial charge in [-0.15, -0.1) is 0 Å². The molecule has 2 aromatic heterocycles. The van der Waals surface area contributed by atoms with Crippen molar-refractivity contribution in [2.45, 2.75) is 12.7 Å². The highest BCUT2D eigenvalue weighted by Gasteiger charge is 2.27. The molecule has 2 heterocycles. The Morgan fingerprint density at radius 1 is 1.30 bits per heavy atom. The van der Waals surface area contributed by atoms with Crippen molar-refractivity contribution in [2.24, 2.45) is 0 Å². The second-order valence-electron chi connectivity index (χ2n) is 3.67. The van der Waals surface area contributed by atoms with Crippen LogP contribution in [0.1, 0.15) is 12.6 Å². The maximum atomic E-state index is 9.67. The molecule has 0 aliphatic heterocycles. The summed E-state index contributed by atoms with van der Waals surface area (Å²) in [5, 5.41) is 0. The second kappa shape index (κ2) is 7.05. The Morgan fingerprint density at radius 3 is 2.35 bits per heavy atom. The fourth-order valence-corrected chi connectivity index (χ4v) is 1.77. The SMILES string of the molecule is COC(C)(OC)c1ccn2c(Br)cnc2n1.FB(F)F. The summed E-state index contributed by atoms with van der Waals surface area (Å²) in [5.74, 6) is -0.245. The minimum Gasteiger partial charge on any atom is -0.348 e. The third-order valence-corrected chi connectivity index (χ3v) is 3.17. The topological polar surface area (TPSA) is 48.7 Å². The molecule has 0 bridgehead atoms. The zero-order chi connectivity index (χ0) is 15.3. The maximum absolute atomic E-state index is 9.67. The molecular weight excluding hydrogens is 342 g/mol. The van der Waals surface area contributed by atoms with Crippen LogP contribution >= 0.6 is 15.9 Å². The molecular formula is C10H12BBrF3N3O2. The monoisotopic (exact) mass is 353 g/mol. The minimum atomic E-state index is -3.67. The van der Waals surface area contributed by atoms with Crippen molar-refractivity contribution in [2.75, 3.05) is 14.2 Å². The van der Waals surface area contributed by atoms with Gasteiger partial charge < -0.3 is 9.47 Å². The number of rotatable bonds is 3. The number of methoxy groups -OCH3 is 2. The normalized spacial score (nSPS) is 11.2. The summed E-state index contributed by atoms with van der Waals surface area (Å²) in [5.41, 5.74) is 0.683. The summed E-state index contributed by atoms with van der Waals surface area (Å²) in [6, 6.07) is 1.84. The summed E-state index contributed by atoms with van der Waals surface area (Å²) in [6.45, 7) is 1.81. The Morgan fingerprint density at radius 2 is 1.85 bits per heavy atom. The van der Waals surface area contributed by atoms with Gasteiger partial charge in [-0.3, -0.25) is 17.3 Å². The molecule has 110 valence electrons. The Hall–Kier alpha value is -1.13. The van der Waals surface area contributed by atoms with E-state index in [0.29, 0.717) is 11.5 Å². The Balaban J connectivity index is 0.000000444. The highest BCUT2D eigenvalue weighted by atomic mass is 79.9. The molecule has 0 unspecified atom stereocenters. The highest BCUT2D eigenvalue weighted by Crippen LogP contribution is 2.24. The van der Waals surface area contributed by atoms with Gasteiger partial charge in [0.05, 0.1) is 6.20 Å². The van der Waals surface area contributed by atoms with E-state index in [4.69, 9.17) is 9.47 Å². The fourth-order valence-electron chi connectivity index (χ4n) is 1.39. The van der Waals surface area contributed by atoms with Crippen molar-refractivity contribution in [3.63, 3.8) is 0 Å². The molecule has 20 heavy (non-hydrogen) atoms. The van der Waals surface area contributed by atoms with Crippen LogP contribution in [-0.2, 0) is 15.3 Å². The molecule has 0 saturated heterocycles. The van der Waals surface area contributed by atoms with Crippen molar-refractivity contribution in [3.05, 3.63) is 28.8 Å².